The Hall–Kier alpha value is -2.34. The second-order valence-corrected chi connectivity index (χ2v) is 10.8. The zero-order valence-corrected chi connectivity index (χ0v) is 21.7. The van der Waals surface area contributed by atoms with Crippen molar-refractivity contribution >= 4 is 27.7 Å². The lowest BCUT2D eigenvalue weighted by molar-refractivity contribution is -0.142. The summed E-state index contributed by atoms with van der Waals surface area (Å²) < 4.78 is 6.74. The van der Waals surface area contributed by atoms with Gasteiger partial charge in [-0.25, -0.2) is 0 Å². The van der Waals surface area contributed by atoms with Gasteiger partial charge in [-0.15, -0.1) is 0 Å². The molecule has 1 fully saturated rings. The Balaban J connectivity index is 1.70. The first kappa shape index (κ1) is 25.3. The van der Waals surface area contributed by atoms with Crippen LogP contribution in [-0.2, 0) is 21.5 Å². The maximum Gasteiger partial charge on any atom is 0.261 e. The molecule has 0 saturated heterocycles. The summed E-state index contributed by atoms with van der Waals surface area (Å²) in [5, 5.41) is 3.12. The van der Waals surface area contributed by atoms with Gasteiger partial charge in [-0.3, -0.25) is 9.59 Å². The van der Waals surface area contributed by atoms with Gasteiger partial charge in [0, 0.05) is 17.1 Å². The fourth-order valence-corrected chi connectivity index (χ4v) is 4.53. The lowest BCUT2D eigenvalue weighted by Gasteiger charge is -2.29. The number of ether oxygens (including phenoxy) is 1. The van der Waals surface area contributed by atoms with Crippen LogP contribution in [-0.4, -0.2) is 35.4 Å². The maximum atomic E-state index is 13.2. The first-order valence-corrected chi connectivity index (χ1v) is 12.5. The topological polar surface area (TPSA) is 58.6 Å². The van der Waals surface area contributed by atoms with Crippen LogP contribution in [0.3, 0.4) is 0 Å². The Morgan fingerprint density at radius 2 is 1.79 bits per heavy atom. The molecule has 2 amide bonds. The Morgan fingerprint density at radius 3 is 2.39 bits per heavy atom. The zero-order chi connectivity index (χ0) is 24.0. The van der Waals surface area contributed by atoms with Crippen molar-refractivity contribution in [3.05, 3.63) is 64.1 Å². The van der Waals surface area contributed by atoms with Crippen LogP contribution in [0.25, 0.3) is 0 Å². The zero-order valence-electron chi connectivity index (χ0n) is 20.1. The molecule has 2 aromatic carbocycles. The van der Waals surface area contributed by atoms with E-state index in [0.29, 0.717) is 12.3 Å². The molecule has 1 aliphatic rings. The smallest absolute Gasteiger partial charge is 0.261 e. The van der Waals surface area contributed by atoms with E-state index >= 15 is 0 Å². The highest BCUT2D eigenvalue weighted by Gasteiger charge is 2.28. The maximum absolute atomic E-state index is 13.2. The predicted octanol–water partition coefficient (Wildman–Crippen LogP) is 5.60. The largest absolute Gasteiger partial charge is 0.484 e. The summed E-state index contributed by atoms with van der Waals surface area (Å²) in [7, 11) is 0. The average Bonchev–Trinajstić information content (AvgIpc) is 3.28. The molecule has 0 bridgehead atoms. The number of rotatable bonds is 8. The van der Waals surface area contributed by atoms with Gasteiger partial charge in [0.1, 0.15) is 11.8 Å². The molecule has 0 heterocycles. The van der Waals surface area contributed by atoms with Gasteiger partial charge in [-0.1, -0.05) is 73.8 Å². The van der Waals surface area contributed by atoms with Crippen LogP contribution in [0.4, 0.5) is 0 Å². The molecule has 33 heavy (non-hydrogen) atoms. The molecule has 1 N–H and O–H groups in total. The standard InChI is InChI=1S/C27H35BrN2O3/c1-19(26(32)29-23-10-5-6-11-23)30(17-20-8-7-9-22(28)16-20)25(31)18-33-24-14-12-21(13-15-24)27(2,3)4/h7-9,12-16,19,23H,5-6,10-11,17-18H2,1-4H3,(H,29,32)/t19-/m1/s1. The van der Waals surface area contributed by atoms with E-state index in [1.54, 1.807) is 11.8 Å². The summed E-state index contributed by atoms with van der Waals surface area (Å²) in [5.41, 5.74) is 2.21. The minimum Gasteiger partial charge on any atom is -0.484 e. The van der Waals surface area contributed by atoms with E-state index in [0.717, 1.165) is 35.7 Å². The lowest BCUT2D eigenvalue weighted by atomic mass is 9.87. The number of carbonyl (C=O) groups excluding carboxylic acids is 2. The number of benzene rings is 2. The van der Waals surface area contributed by atoms with Crippen LogP contribution in [0, 0.1) is 0 Å². The number of nitrogens with zero attached hydrogens (tertiary/aromatic N) is 1. The van der Waals surface area contributed by atoms with Crippen LogP contribution in [0.15, 0.2) is 53.0 Å². The van der Waals surface area contributed by atoms with E-state index in [-0.39, 0.29) is 29.9 Å². The van der Waals surface area contributed by atoms with E-state index in [9.17, 15) is 9.59 Å². The minimum atomic E-state index is -0.594. The quantitative estimate of drug-likeness (QED) is 0.498. The molecule has 0 radical (unpaired) electrons. The fourth-order valence-electron chi connectivity index (χ4n) is 4.09. The number of halogens is 1. The predicted molar refractivity (Wildman–Crippen MR) is 135 cm³/mol. The Labute approximate surface area is 206 Å². The monoisotopic (exact) mass is 514 g/mol. The van der Waals surface area contributed by atoms with E-state index in [1.807, 2.05) is 48.5 Å². The third-order valence-corrected chi connectivity index (χ3v) is 6.69. The molecule has 1 saturated carbocycles. The molecule has 0 aromatic heterocycles. The third-order valence-electron chi connectivity index (χ3n) is 6.19. The van der Waals surface area contributed by atoms with Crippen molar-refractivity contribution in [2.75, 3.05) is 6.61 Å². The first-order chi connectivity index (χ1) is 15.6. The van der Waals surface area contributed by atoms with Crippen molar-refractivity contribution in [3.63, 3.8) is 0 Å². The number of hydrogen-bond donors (Lipinski definition) is 1. The van der Waals surface area contributed by atoms with Crippen molar-refractivity contribution in [1.82, 2.24) is 10.2 Å². The highest BCUT2D eigenvalue weighted by atomic mass is 79.9. The van der Waals surface area contributed by atoms with Crippen LogP contribution < -0.4 is 10.1 Å². The first-order valence-electron chi connectivity index (χ1n) is 11.7. The van der Waals surface area contributed by atoms with Gasteiger partial charge in [0.15, 0.2) is 6.61 Å². The summed E-state index contributed by atoms with van der Waals surface area (Å²) in [4.78, 5) is 27.8. The van der Waals surface area contributed by atoms with Crippen LogP contribution in [0.5, 0.6) is 5.75 Å². The molecule has 0 spiro atoms. The van der Waals surface area contributed by atoms with E-state index in [1.165, 1.54) is 5.56 Å². The average molecular weight is 515 g/mol. The van der Waals surface area contributed by atoms with Gasteiger partial charge >= 0.3 is 0 Å². The van der Waals surface area contributed by atoms with Crippen LogP contribution in [0.2, 0.25) is 0 Å². The highest BCUT2D eigenvalue weighted by Crippen LogP contribution is 2.24. The summed E-state index contributed by atoms with van der Waals surface area (Å²) in [6.45, 7) is 8.48. The fraction of sp³-hybridized carbons (Fsp3) is 0.481. The summed E-state index contributed by atoms with van der Waals surface area (Å²) in [5.74, 6) is 0.311. The SMILES string of the molecule is C[C@H](C(=O)NC1CCCC1)N(Cc1cccc(Br)c1)C(=O)COc1ccc(C(C)(C)C)cc1. The Kier molecular flexibility index (Phi) is 8.57. The lowest BCUT2D eigenvalue weighted by Crippen LogP contribution is -2.50. The molecule has 178 valence electrons. The second-order valence-electron chi connectivity index (χ2n) is 9.88. The molecular formula is C27H35BrN2O3. The molecule has 1 atom stereocenters. The summed E-state index contributed by atoms with van der Waals surface area (Å²) in [6, 6.07) is 15.2. The van der Waals surface area contributed by atoms with Crippen LogP contribution in [0.1, 0.15) is 64.5 Å². The van der Waals surface area contributed by atoms with E-state index in [2.05, 4.69) is 42.0 Å². The summed E-state index contributed by atoms with van der Waals surface area (Å²) in [6.07, 6.45) is 4.29. The van der Waals surface area contributed by atoms with Crippen molar-refractivity contribution in [1.29, 1.82) is 0 Å². The number of carbonyl (C=O) groups is 2. The van der Waals surface area contributed by atoms with Crippen molar-refractivity contribution in [3.8, 4) is 5.75 Å². The molecule has 0 unspecified atom stereocenters. The Bertz CT molecular complexity index is 947. The number of nitrogens with one attached hydrogen (secondary N) is 1. The molecule has 3 rings (SSSR count). The number of hydrogen-bond acceptors (Lipinski definition) is 3. The van der Waals surface area contributed by atoms with Crippen molar-refractivity contribution < 1.29 is 14.3 Å². The van der Waals surface area contributed by atoms with Crippen molar-refractivity contribution in [2.45, 2.75) is 77.4 Å². The minimum absolute atomic E-state index is 0.0528. The van der Waals surface area contributed by atoms with Gasteiger partial charge in [-0.05, 0) is 60.6 Å². The molecule has 1 aliphatic carbocycles. The molecule has 0 aliphatic heterocycles. The molecular weight excluding hydrogens is 480 g/mol. The van der Waals surface area contributed by atoms with Crippen LogP contribution >= 0.6 is 15.9 Å². The van der Waals surface area contributed by atoms with E-state index in [4.69, 9.17) is 4.74 Å². The van der Waals surface area contributed by atoms with Crippen molar-refractivity contribution in [2.24, 2.45) is 0 Å². The van der Waals surface area contributed by atoms with E-state index < -0.39 is 6.04 Å². The highest BCUT2D eigenvalue weighted by molar-refractivity contribution is 9.10. The van der Waals surface area contributed by atoms with Gasteiger partial charge in [0.2, 0.25) is 5.91 Å². The normalized spacial score (nSPS) is 15.2. The molecule has 6 heteroatoms. The third kappa shape index (κ3) is 7.32. The van der Waals surface area contributed by atoms with Gasteiger partial charge in [0.05, 0.1) is 0 Å². The molecule has 5 nitrogen and oxygen atoms in total. The Morgan fingerprint density at radius 1 is 1.12 bits per heavy atom. The second kappa shape index (κ2) is 11.2. The van der Waals surface area contributed by atoms with Gasteiger partial charge < -0.3 is 15.0 Å². The number of amides is 2. The summed E-state index contributed by atoms with van der Waals surface area (Å²) >= 11 is 3.49. The van der Waals surface area contributed by atoms with Gasteiger partial charge in [0.25, 0.3) is 5.91 Å². The molecule has 2 aromatic rings. The van der Waals surface area contributed by atoms with Gasteiger partial charge in [-0.2, -0.15) is 0 Å².